The SMILES string of the molecule is C[C@@H]1/C=C/C(=O)[C@H](O)[C@@H](O)C/C=C/c2cc(NCCOP(=O)(O)O)cc(O)c2C(=O)O[C@H]1C. The van der Waals surface area contributed by atoms with Gasteiger partial charge < -0.3 is 35.2 Å². The maximum atomic E-state index is 12.8. The van der Waals surface area contributed by atoms with Crippen molar-refractivity contribution >= 4 is 31.3 Å². The Balaban J connectivity index is 2.36. The largest absolute Gasteiger partial charge is 0.507 e. The normalized spacial score (nSPS) is 26.6. The quantitative estimate of drug-likeness (QED) is 0.201. The second-order valence-corrected chi connectivity index (χ2v) is 8.83. The zero-order chi connectivity index (χ0) is 24.8. The predicted octanol–water partition coefficient (Wildman–Crippen LogP) is 1.36. The first-order valence-corrected chi connectivity index (χ1v) is 11.7. The fourth-order valence-corrected chi connectivity index (χ4v) is 3.28. The minimum Gasteiger partial charge on any atom is -0.507 e. The van der Waals surface area contributed by atoms with E-state index in [1.807, 2.05) is 0 Å². The van der Waals surface area contributed by atoms with Crippen molar-refractivity contribution in [1.29, 1.82) is 0 Å². The number of hydrogen-bond acceptors (Lipinski definition) is 9. The Kier molecular flexibility index (Phi) is 9.35. The van der Waals surface area contributed by atoms with Crippen LogP contribution in [0.15, 0.2) is 30.4 Å². The van der Waals surface area contributed by atoms with Crippen LogP contribution in [0.25, 0.3) is 6.08 Å². The van der Waals surface area contributed by atoms with Crippen molar-refractivity contribution in [1.82, 2.24) is 0 Å². The van der Waals surface area contributed by atoms with Gasteiger partial charge in [-0.05, 0) is 31.1 Å². The Morgan fingerprint density at radius 1 is 1.18 bits per heavy atom. The molecule has 6 N–H and O–H groups in total. The number of ether oxygens (including phenoxy) is 1. The molecule has 0 bridgehead atoms. The molecule has 1 aliphatic rings. The summed E-state index contributed by atoms with van der Waals surface area (Å²) in [6.07, 6.45) is 1.64. The molecule has 0 aliphatic carbocycles. The van der Waals surface area contributed by atoms with Crippen molar-refractivity contribution in [3.8, 4) is 5.75 Å². The van der Waals surface area contributed by atoms with Crippen molar-refractivity contribution in [2.45, 2.75) is 38.6 Å². The number of hydrogen-bond donors (Lipinski definition) is 6. The van der Waals surface area contributed by atoms with Gasteiger partial charge in [-0.15, -0.1) is 0 Å². The highest BCUT2D eigenvalue weighted by atomic mass is 31.2. The lowest BCUT2D eigenvalue weighted by Crippen LogP contribution is -2.32. The second-order valence-electron chi connectivity index (χ2n) is 7.59. The Morgan fingerprint density at radius 3 is 2.55 bits per heavy atom. The smallest absolute Gasteiger partial charge is 0.469 e. The molecule has 182 valence electrons. The third kappa shape index (κ3) is 8.08. The van der Waals surface area contributed by atoms with E-state index < -0.39 is 49.6 Å². The van der Waals surface area contributed by atoms with Crippen molar-refractivity contribution in [2.75, 3.05) is 18.5 Å². The number of fused-ring (bicyclic) bond motifs is 1. The molecule has 12 heteroatoms. The van der Waals surface area contributed by atoms with Crippen LogP contribution in [0.5, 0.6) is 5.75 Å². The van der Waals surface area contributed by atoms with E-state index in [2.05, 4.69) is 9.84 Å². The summed E-state index contributed by atoms with van der Waals surface area (Å²) in [5.41, 5.74) is 0.410. The molecule has 4 atom stereocenters. The number of ketones is 1. The van der Waals surface area contributed by atoms with Gasteiger partial charge in [0.25, 0.3) is 0 Å². The maximum absolute atomic E-state index is 12.8. The molecule has 1 aliphatic heterocycles. The van der Waals surface area contributed by atoms with E-state index in [4.69, 9.17) is 14.5 Å². The van der Waals surface area contributed by atoms with Crippen LogP contribution in [0.1, 0.15) is 36.2 Å². The van der Waals surface area contributed by atoms with E-state index in [1.165, 1.54) is 30.4 Å². The number of phosphoric ester groups is 1. The number of cyclic esters (lactones) is 1. The molecule has 11 nitrogen and oxygen atoms in total. The zero-order valence-electron chi connectivity index (χ0n) is 18.1. The maximum Gasteiger partial charge on any atom is 0.469 e. The number of aliphatic hydroxyl groups is 2. The lowest BCUT2D eigenvalue weighted by Gasteiger charge is -2.20. The molecule has 1 aromatic carbocycles. The highest BCUT2D eigenvalue weighted by Gasteiger charge is 2.25. The number of rotatable bonds is 5. The third-order valence-electron chi connectivity index (χ3n) is 4.97. The Hall–Kier alpha value is -2.53. The van der Waals surface area contributed by atoms with Crippen molar-refractivity contribution in [2.24, 2.45) is 5.92 Å². The Bertz CT molecular complexity index is 970. The van der Waals surface area contributed by atoms with E-state index >= 15 is 0 Å². The van der Waals surface area contributed by atoms with Crippen LogP contribution in [-0.4, -0.2) is 68.3 Å². The molecule has 33 heavy (non-hydrogen) atoms. The average molecular weight is 485 g/mol. The molecule has 0 fully saturated rings. The summed E-state index contributed by atoms with van der Waals surface area (Å²) in [5, 5.41) is 33.4. The van der Waals surface area contributed by atoms with Crippen LogP contribution in [0.4, 0.5) is 5.69 Å². The van der Waals surface area contributed by atoms with Gasteiger partial charge >= 0.3 is 13.8 Å². The topological polar surface area (TPSA) is 183 Å². The van der Waals surface area contributed by atoms with Crippen LogP contribution in [-0.2, 0) is 18.6 Å². The number of aliphatic hydroxyl groups excluding tert-OH is 2. The number of esters is 1. The van der Waals surface area contributed by atoms with Crippen LogP contribution in [0.3, 0.4) is 0 Å². The number of carbonyl (C=O) groups is 2. The standard InChI is InChI=1S/C21H28NO10P/c1-12-6-7-17(24)20(26)16(23)5-3-4-14-10-15(22-8-9-31-33(28,29)30)11-18(25)19(14)21(27)32-13(12)2/h3-4,6-7,10-13,16,20,22-23,25-26H,5,8-9H2,1-2H3,(H2,28,29,30)/b4-3+,7-6+/t12-,13+,16+,20-/m1/s1. The molecule has 0 unspecified atom stereocenters. The molecule has 0 radical (unpaired) electrons. The van der Waals surface area contributed by atoms with Gasteiger partial charge in [0.05, 0.1) is 12.7 Å². The van der Waals surface area contributed by atoms with Gasteiger partial charge in [-0.1, -0.05) is 25.2 Å². The summed E-state index contributed by atoms with van der Waals surface area (Å²) in [6, 6.07) is 2.73. The summed E-state index contributed by atoms with van der Waals surface area (Å²) < 4.78 is 20.5. The van der Waals surface area contributed by atoms with Gasteiger partial charge in [-0.25, -0.2) is 9.36 Å². The molecule has 0 saturated carbocycles. The number of phosphoric acid groups is 1. The van der Waals surface area contributed by atoms with E-state index in [9.17, 15) is 29.5 Å². The second kappa shape index (κ2) is 11.6. The van der Waals surface area contributed by atoms with E-state index in [0.717, 1.165) is 6.08 Å². The molecule has 0 spiro atoms. The lowest BCUT2D eigenvalue weighted by molar-refractivity contribution is -0.127. The number of phenols is 1. The van der Waals surface area contributed by atoms with Gasteiger partial charge in [0.2, 0.25) is 0 Å². The first-order valence-electron chi connectivity index (χ1n) is 10.2. The number of nitrogens with one attached hydrogen (secondary N) is 1. The van der Waals surface area contributed by atoms with Gasteiger partial charge in [0.1, 0.15) is 23.5 Å². The van der Waals surface area contributed by atoms with Crippen LogP contribution < -0.4 is 5.32 Å². The van der Waals surface area contributed by atoms with E-state index in [0.29, 0.717) is 5.69 Å². The summed E-state index contributed by atoms with van der Waals surface area (Å²) in [6.45, 7) is 2.98. The van der Waals surface area contributed by atoms with E-state index in [1.54, 1.807) is 13.8 Å². The summed E-state index contributed by atoms with van der Waals surface area (Å²) in [4.78, 5) is 42.3. The van der Waals surface area contributed by atoms with Crippen molar-refractivity contribution < 1.29 is 48.5 Å². The van der Waals surface area contributed by atoms with Crippen molar-refractivity contribution in [3.63, 3.8) is 0 Å². The fourth-order valence-electron chi connectivity index (χ4n) is 2.95. The van der Waals surface area contributed by atoms with Crippen LogP contribution in [0.2, 0.25) is 0 Å². The molecule has 1 aromatic rings. The summed E-state index contributed by atoms with van der Waals surface area (Å²) in [5.74, 6) is -2.29. The van der Waals surface area contributed by atoms with Crippen LogP contribution in [0, 0.1) is 5.92 Å². The number of aromatic hydroxyl groups is 1. The lowest BCUT2D eigenvalue weighted by atomic mass is 9.99. The highest BCUT2D eigenvalue weighted by Crippen LogP contribution is 2.35. The number of phenolic OH excluding ortho intramolecular Hbond substituents is 1. The third-order valence-corrected chi connectivity index (χ3v) is 5.49. The molecular weight excluding hydrogens is 457 g/mol. The number of anilines is 1. The number of benzene rings is 1. The molecule has 1 heterocycles. The summed E-state index contributed by atoms with van der Waals surface area (Å²) in [7, 11) is -4.62. The molecule has 0 aromatic heterocycles. The van der Waals surface area contributed by atoms with Gasteiger partial charge in [-0.3, -0.25) is 9.32 Å². The van der Waals surface area contributed by atoms with Gasteiger partial charge in [0.15, 0.2) is 5.78 Å². The fraction of sp³-hybridized carbons (Fsp3) is 0.429. The highest BCUT2D eigenvalue weighted by molar-refractivity contribution is 7.46. The molecule has 0 saturated heterocycles. The Labute approximate surface area is 190 Å². The Morgan fingerprint density at radius 2 is 1.88 bits per heavy atom. The summed E-state index contributed by atoms with van der Waals surface area (Å²) >= 11 is 0. The van der Waals surface area contributed by atoms with Crippen LogP contribution >= 0.6 is 7.82 Å². The average Bonchev–Trinajstić information content (AvgIpc) is 2.72. The molecule has 2 rings (SSSR count). The zero-order valence-corrected chi connectivity index (χ0v) is 19.0. The monoisotopic (exact) mass is 485 g/mol. The minimum absolute atomic E-state index is 0.00853. The first-order chi connectivity index (χ1) is 15.4. The first kappa shape index (κ1) is 26.7. The predicted molar refractivity (Wildman–Crippen MR) is 118 cm³/mol. The van der Waals surface area contributed by atoms with E-state index in [-0.39, 0.29) is 30.7 Å². The van der Waals surface area contributed by atoms with Crippen molar-refractivity contribution in [3.05, 3.63) is 41.5 Å². The van der Waals surface area contributed by atoms with Gasteiger partial charge in [-0.2, -0.15) is 0 Å². The number of carbonyl (C=O) groups excluding carboxylic acids is 2. The van der Waals surface area contributed by atoms with Gasteiger partial charge in [0, 0.05) is 24.2 Å². The minimum atomic E-state index is -4.62. The molecular formula is C21H28NO10P. The molecule has 0 amide bonds.